The van der Waals surface area contributed by atoms with Crippen molar-refractivity contribution in [3.05, 3.63) is 47.0 Å². The molecule has 9 nitrogen and oxygen atoms in total. The molecule has 3 aromatic heterocycles. The van der Waals surface area contributed by atoms with Crippen molar-refractivity contribution in [2.45, 2.75) is 20.0 Å². The van der Waals surface area contributed by atoms with Crippen LogP contribution in [-0.2, 0) is 4.74 Å². The van der Waals surface area contributed by atoms with Crippen LogP contribution in [0.4, 0.5) is 17.5 Å². The zero-order valence-electron chi connectivity index (χ0n) is 17.1. The summed E-state index contributed by atoms with van der Waals surface area (Å²) in [6, 6.07) is 7.31. The second kappa shape index (κ2) is 8.05. The fourth-order valence-electron chi connectivity index (χ4n) is 3.53. The molecule has 1 aliphatic rings. The van der Waals surface area contributed by atoms with Crippen molar-refractivity contribution >= 4 is 45.7 Å². The third-order valence-electron chi connectivity index (χ3n) is 5.13. The van der Waals surface area contributed by atoms with Crippen molar-refractivity contribution in [1.29, 1.82) is 0 Å². The van der Waals surface area contributed by atoms with Crippen LogP contribution in [0.25, 0.3) is 17.0 Å². The number of morpholine rings is 1. The number of nitrogens with one attached hydrogen (secondary N) is 1. The largest absolute Gasteiger partial charge is 0.375 e. The Kier molecular flexibility index (Phi) is 5.08. The van der Waals surface area contributed by atoms with Gasteiger partial charge in [-0.15, -0.1) is 11.3 Å². The fourth-order valence-corrected chi connectivity index (χ4v) is 4.06. The van der Waals surface area contributed by atoms with Crippen LogP contribution in [0.5, 0.6) is 0 Å². The number of rotatable bonds is 5. The summed E-state index contributed by atoms with van der Waals surface area (Å²) in [5.41, 5.74) is 4.58. The Morgan fingerprint density at radius 2 is 2.06 bits per heavy atom. The molecule has 1 atom stereocenters. The molecule has 0 aliphatic carbocycles. The van der Waals surface area contributed by atoms with Gasteiger partial charge >= 0.3 is 0 Å². The molecule has 0 spiro atoms. The Bertz CT molecular complexity index is 1220. The van der Waals surface area contributed by atoms with Crippen LogP contribution in [-0.4, -0.2) is 56.1 Å². The average molecular weight is 436 g/mol. The molecule has 158 valence electrons. The average Bonchev–Trinajstić information content (AvgIpc) is 3.44. The summed E-state index contributed by atoms with van der Waals surface area (Å²) >= 11 is 1.52. The van der Waals surface area contributed by atoms with E-state index in [9.17, 15) is 4.79 Å². The molecule has 1 fully saturated rings. The molecular formula is C21H21N7O2S. The monoisotopic (exact) mass is 435 g/mol. The number of imidazole rings is 1. The maximum absolute atomic E-state index is 11.6. The van der Waals surface area contributed by atoms with Gasteiger partial charge in [0.2, 0.25) is 5.95 Å². The minimum Gasteiger partial charge on any atom is -0.375 e. The van der Waals surface area contributed by atoms with E-state index in [1.165, 1.54) is 11.3 Å². The molecule has 5 rings (SSSR count). The van der Waals surface area contributed by atoms with Crippen molar-refractivity contribution in [2.24, 2.45) is 0 Å². The first-order valence-electron chi connectivity index (χ1n) is 9.97. The zero-order valence-corrected chi connectivity index (χ0v) is 18.0. The van der Waals surface area contributed by atoms with E-state index in [4.69, 9.17) is 14.7 Å². The molecule has 1 N–H and O–H groups in total. The van der Waals surface area contributed by atoms with Crippen molar-refractivity contribution < 1.29 is 9.53 Å². The van der Waals surface area contributed by atoms with Gasteiger partial charge in [-0.25, -0.2) is 9.97 Å². The third-order valence-corrected chi connectivity index (χ3v) is 5.70. The summed E-state index contributed by atoms with van der Waals surface area (Å²) in [6.45, 7) is 5.65. The summed E-state index contributed by atoms with van der Waals surface area (Å²) in [6.07, 6.45) is 1.82. The molecule has 0 saturated carbocycles. The molecule has 0 bridgehead atoms. The number of carbonyl (C=O) groups is 1. The second-order valence-electron chi connectivity index (χ2n) is 7.39. The van der Waals surface area contributed by atoms with Crippen LogP contribution >= 0.6 is 11.3 Å². The molecule has 10 heteroatoms. The van der Waals surface area contributed by atoms with Crippen LogP contribution in [0.15, 0.2) is 41.5 Å². The number of nitrogens with zero attached hydrogens (tertiary/aromatic N) is 6. The number of ketones is 1. The number of benzene rings is 1. The lowest BCUT2D eigenvalue weighted by atomic mass is 10.1. The van der Waals surface area contributed by atoms with Crippen LogP contribution in [0.3, 0.4) is 0 Å². The fraction of sp³-hybridized carbons (Fsp3) is 0.286. The van der Waals surface area contributed by atoms with Gasteiger partial charge in [0, 0.05) is 29.7 Å². The van der Waals surface area contributed by atoms with Crippen LogP contribution in [0.2, 0.25) is 0 Å². The van der Waals surface area contributed by atoms with Gasteiger partial charge in [0.05, 0.1) is 18.2 Å². The molecule has 0 amide bonds. The van der Waals surface area contributed by atoms with Crippen LogP contribution in [0.1, 0.15) is 24.2 Å². The van der Waals surface area contributed by atoms with E-state index in [2.05, 4.69) is 20.2 Å². The lowest BCUT2D eigenvalue weighted by Crippen LogP contribution is -2.42. The number of fused-ring (bicyclic) bond motifs is 1. The predicted molar refractivity (Wildman–Crippen MR) is 120 cm³/mol. The SMILES string of the molecule is CC(=O)c1ccc(Nc2nc(N3CCOC(C)C3)nc3c2ncn3-c2cscn2)cc1. The van der Waals surface area contributed by atoms with Crippen LogP contribution < -0.4 is 10.2 Å². The van der Waals surface area contributed by atoms with Crippen molar-refractivity contribution in [3.63, 3.8) is 0 Å². The standard InChI is InChI=1S/C21H21N7O2S/c1-13-9-27(7-8-30-13)21-25-19(24-16-5-3-15(4-6-16)14(2)29)18-20(26-21)28(11-22-18)17-10-31-12-23-17/h3-6,10-13H,7-9H2,1-2H3,(H,24,25,26). The summed E-state index contributed by atoms with van der Waals surface area (Å²) in [5.74, 6) is 2.01. The minimum atomic E-state index is 0.0294. The Hall–Kier alpha value is -3.37. The first-order valence-corrected chi connectivity index (χ1v) is 10.9. The number of thiazole rings is 1. The summed E-state index contributed by atoms with van der Waals surface area (Å²) in [5, 5.41) is 5.30. The van der Waals surface area contributed by atoms with Crippen molar-refractivity contribution in [2.75, 3.05) is 29.9 Å². The van der Waals surface area contributed by atoms with E-state index in [0.29, 0.717) is 48.2 Å². The van der Waals surface area contributed by atoms with E-state index in [-0.39, 0.29) is 11.9 Å². The Labute approximate surface area is 182 Å². The van der Waals surface area contributed by atoms with Gasteiger partial charge < -0.3 is 15.0 Å². The van der Waals surface area contributed by atoms with E-state index in [1.807, 2.05) is 29.0 Å². The van der Waals surface area contributed by atoms with Gasteiger partial charge in [0.15, 0.2) is 28.6 Å². The Morgan fingerprint density at radius 1 is 1.23 bits per heavy atom. The van der Waals surface area contributed by atoms with E-state index in [1.54, 1.807) is 30.9 Å². The summed E-state index contributed by atoms with van der Waals surface area (Å²) in [4.78, 5) is 32.3. The highest BCUT2D eigenvalue weighted by Crippen LogP contribution is 2.28. The topological polar surface area (TPSA) is 98.1 Å². The highest BCUT2D eigenvalue weighted by Gasteiger charge is 2.23. The van der Waals surface area contributed by atoms with E-state index >= 15 is 0 Å². The first kappa shape index (κ1) is 19.6. The summed E-state index contributed by atoms with van der Waals surface area (Å²) in [7, 11) is 0. The molecular weight excluding hydrogens is 414 g/mol. The summed E-state index contributed by atoms with van der Waals surface area (Å²) < 4.78 is 7.54. The number of anilines is 3. The normalized spacial score (nSPS) is 16.6. The second-order valence-corrected chi connectivity index (χ2v) is 8.11. The highest BCUT2D eigenvalue weighted by atomic mass is 32.1. The maximum Gasteiger partial charge on any atom is 0.229 e. The number of hydrogen-bond donors (Lipinski definition) is 1. The number of aromatic nitrogens is 5. The Balaban J connectivity index is 1.59. The van der Waals surface area contributed by atoms with Crippen molar-refractivity contribution in [3.8, 4) is 5.82 Å². The molecule has 1 aromatic carbocycles. The smallest absolute Gasteiger partial charge is 0.229 e. The minimum absolute atomic E-state index is 0.0294. The molecule has 1 unspecified atom stereocenters. The van der Waals surface area contributed by atoms with Crippen LogP contribution in [0, 0.1) is 0 Å². The lowest BCUT2D eigenvalue weighted by Gasteiger charge is -2.31. The van der Waals surface area contributed by atoms with Gasteiger partial charge in [-0.1, -0.05) is 0 Å². The number of ether oxygens (including phenoxy) is 1. The quantitative estimate of drug-likeness (QED) is 0.476. The van der Waals surface area contributed by atoms with Crippen molar-refractivity contribution in [1.82, 2.24) is 24.5 Å². The maximum atomic E-state index is 11.6. The first-order chi connectivity index (χ1) is 15.1. The van der Waals surface area contributed by atoms with Gasteiger partial charge in [-0.05, 0) is 38.1 Å². The molecule has 4 heterocycles. The number of Topliss-reactive ketones (excluding diaryl/α,β-unsaturated/α-hetero) is 1. The molecule has 0 radical (unpaired) electrons. The van der Waals surface area contributed by atoms with Gasteiger partial charge in [0.25, 0.3) is 0 Å². The third kappa shape index (κ3) is 3.87. The van der Waals surface area contributed by atoms with E-state index < -0.39 is 0 Å². The van der Waals surface area contributed by atoms with Gasteiger partial charge in [-0.2, -0.15) is 9.97 Å². The zero-order chi connectivity index (χ0) is 21.4. The lowest BCUT2D eigenvalue weighted by molar-refractivity contribution is 0.0526. The van der Waals surface area contributed by atoms with E-state index in [0.717, 1.165) is 11.5 Å². The highest BCUT2D eigenvalue weighted by molar-refractivity contribution is 7.07. The number of carbonyl (C=O) groups excluding carboxylic acids is 1. The molecule has 1 saturated heterocycles. The van der Waals surface area contributed by atoms with Gasteiger partial charge in [0.1, 0.15) is 6.33 Å². The number of hydrogen-bond acceptors (Lipinski definition) is 9. The molecule has 1 aliphatic heterocycles. The predicted octanol–water partition coefficient (Wildman–Crippen LogP) is 3.44. The molecule has 31 heavy (non-hydrogen) atoms. The Morgan fingerprint density at radius 3 is 2.77 bits per heavy atom. The molecule has 4 aromatic rings. The van der Waals surface area contributed by atoms with Gasteiger partial charge in [-0.3, -0.25) is 9.36 Å².